The van der Waals surface area contributed by atoms with Crippen molar-refractivity contribution in [1.29, 1.82) is 0 Å². The van der Waals surface area contributed by atoms with Crippen molar-refractivity contribution in [3.63, 3.8) is 0 Å². The number of nitrogens with zero attached hydrogens (tertiary/aromatic N) is 1. The maximum absolute atomic E-state index is 14.5. The number of fused-ring (bicyclic) bond motifs is 2. The fraction of sp³-hybridized carbons (Fsp3) is 0.0667. The summed E-state index contributed by atoms with van der Waals surface area (Å²) in [6.07, 6.45) is -8.17. The molecular formula is C30H17Br2F4NO. The summed E-state index contributed by atoms with van der Waals surface area (Å²) in [4.78, 5) is 2.01. The van der Waals surface area contributed by atoms with Gasteiger partial charge in [0, 0.05) is 25.9 Å². The zero-order valence-corrected chi connectivity index (χ0v) is 22.6. The van der Waals surface area contributed by atoms with E-state index in [0.717, 1.165) is 43.2 Å². The van der Waals surface area contributed by atoms with E-state index in [9.17, 15) is 17.6 Å². The van der Waals surface area contributed by atoms with E-state index in [1.54, 1.807) is 0 Å². The first-order chi connectivity index (χ1) is 18.1. The molecule has 5 aromatic carbocycles. The lowest BCUT2D eigenvalue weighted by molar-refractivity contribution is -0.369. The zero-order valence-electron chi connectivity index (χ0n) is 19.4. The molecule has 0 bridgehead atoms. The van der Waals surface area contributed by atoms with Gasteiger partial charge in [-0.05, 0) is 89.1 Å². The first-order valence-electron chi connectivity index (χ1n) is 11.6. The van der Waals surface area contributed by atoms with E-state index < -0.39 is 23.3 Å². The molecule has 1 heterocycles. The Labute approximate surface area is 232 Å². The van der Waals surface area contributed by atoms with Crippen molar-refractivity contribution < 1.29 is 22.3 Å². The number of hydrogen-bond acceptors (Lipinski definition) is 2. The second-order valence-corrected chi connectivity index (χ2v) is 10.7. The highest BCUT2D eigenvalue weighted by Gasteiger charge is 2.57. The molecule has 0 saturated heterocycles. The van der Waals surface area contributed by atoms with Gasteiger partial charge in [0.15, 0.2) is 0 Å². The van der Waals surface area contributed by atoms with Gasteiger partial charge >= 0.3 is 12.2 Å². The molecule has 190 valence electrons. The number of alkyl halides is 4. The molecule has 38 heavy (non-hydrogen) atoms. The van der Waals surface area contributed by atoms with Gasteiger partial charge in [0.25, 0.3) is 0 Å². The Hall–Kier alpha value is -3.20. The molecule has 2 nitrogen and oxygen atoms in total. The minimum atomic E-state index is -4.11. The molecule has 0 spiro atoms. The molecule has 0 aliphatic carbocycles. The van der Waals surface area contributed by atoms with Crippen LogP contribution in [0.25, 0.3) is 21.9 Å². The van der Waals surface area contributed by atoms with Crippen LogP contribution in [0.1, 0.15) is 11.1 Å². The fourth-order valence-corrected chi connectivity index (χ4v) is 5.26. The summed E-state index contributed by atoms with van der Waals surface area (Å²) < 4.78 is 63.0. The Balaban J connectivity index is 1.64. The SMILES string of the molecule is FC1(F)OC(F)(F)c2cc(-c3cc4ccccc4cc3N(c3ccc(Br)cc3)c3ccc(Br)cc3)ccc21. The molecule has 1 aliphatic rings. The van der Waals surface area contributed by atoms with Crippen molar-refractivity contribution in [3.05, 3.63) is 123 Å². The Bertz CT molecular complexity index is 1630. The van der Waals surface area contributed by atoms with Crippen LogP contribution in [0.3, 0.4) is 0 Å². The molecule has 0 N–H and O–H groups in total. The fourth-order valence-electron chi connectivity index (χ4n) is 4.73. The number of rotatable bonds is 4. The van der Waals surface area contributed by atoms with E-state index in [1.807, 2.05) is 89.8 Å². The predicted octanol–water partition coefficient (Wildman–Crippen LogP) is 10.6. The first-order valence-corrected chi connectivity index (χ1v) is 13.2. The summed E-state index contributed by atoms with van der Waals surface area (Å²) >= 11 is 6.96. The molecule has 5 aromatic rings. The third-order valence-corrected chi connectivity index (χ3v) is 7.55. The van der Waals surface area contributed by atoms with Crippen molar-refractivity contribution in [2.75, 3.05) is 4.90 Å². The van der Waals surface area contributed by atoms with Gasteiger partial charge in [0.1, 0.15) is 0 Å². The molecule has 0 amide bonds. The second kappa shape index (κ2) is 9.22. The highest BCUT2D eigenvalue weighted by atomic mass is 79.9. The van der Waals surface area contributed by atoms with Crippen molar-refractivity contribution in [1.82, 2.24) is 0 Å². The van der Waals surface area contributed by atoms with Crippen LogP contribution in [0.4, 0.5) is 34.6 Å². The van der Waals surface area contributed by atoms with E-state index in [1.165, 1.54) is 6.07 Å². The number of anilines is 3. The monoisotopic (exact) mass is 641 g/mol. The highest BCUT2D eigenvalue weighted by Crippen LogP contribution is 2.52. The molecule has 0 unspecified atom stereocenters. The summed E-state index contributed by atoms with van der Waals surface area (Å²) in [6, 6.07) is 30.5. The average Bonchev–Trinajstić information content (AvgIpc) is 3.08. The Kier molecular flexibility index (Phi) is 6.09. The van der Waals surface area contributed by atoms with E-state index >= 15 is 0 Å². The van der Waals surface area contributed by atoms with Gasteiger partial charge in [-0.15, -0.1) is 0 Å². The number of hydrogen-bond donors (Lipinski definition) is 0. The van der Waals surface area contributed by atoms with Gasteiger partial charge in [0.05, 0.1) is 16.8 Å². The van der Waals surface area contributed by atoms with Crippen LogP contribution in [0.2, 0.25) is 0 Å². The maximum Gasteiger partial charge on any atom is 0.388 e. The quantitative estimate of drug-likeness (QED) is 0.181. The lowest BCUT2D eigenvalue weighted by Gasteiger charge is -2.28. The molecule has 0 fully saturated rings. The van der Waals surface area contributed by atoms with Gasteiger partial charge in [-0.25, -0.2) is 4.74 Å². The molecule has 0 atom stereocenters. The van der Waals surface area contributed by atoms with Gasteiger partial charge in [-0.3, -0.25) is 0 Å². The smallest absolute Gasteiger partial charge is 0.310 e. The van der Waals surface area contributed by atoms with E-state index in [4.69, 9.17) is 0 Å². The summed E-state index contributed by atoms with van der Waals surface area (Å²) in [5, 5.41) is 1.82. The lowest BCUT2D eigenvalue weighted by Crippen LogP contribution is -2.17. The van der Waals surface area contributed by atoms with Crippen molar-refractivity contribution >= 4 is 59.7 Å². The van der Waals surface area contributed by atoms with Crippen LogP contribution in [0, 0.1) is 0 Å². The van der Waals surface area contributed by atoms with Crippen LogP contribution < -0.4 is 4.90 Å². The van der Waals surface area contributed by atoms with E-state index in [0.29, 0.717) is 16.8 Å². The maximum atomic E-state index is 14.5. The lowest BCUT2D eigenvalue weighted by atomic mass is 9.94. The molecule has 1 aliphatic heterocycles. The predicted molar refractivity (Wildman–Crippen MR) is 148 cm³/mol. The number of benzene rings is 5. The summed E-state index contributed by atoms with van der Waals surface area (Å²) in [7, 11) is 0. The third-order valence-electron chi connectivity index (χ3n) is 6.49. The molecule has 0 saturated carbocycles. The molecule has 8 heteroatoms. The van der Waals surface area contributed by atoms with E-state index in [-0.39, 0.29) is 0 Å². The van der Waals surface area contributed by atoms with Crippen LogP contribution in [0.15, 0.2) is 112 Å². The van der Waals surface area contributed by atoms with Gasteiger partial charge in [-0.1, -0.05) is 62.2 Å². The Morgan fingerprint density at radius 2 is 1.11 bits per heavy atom. The average molecular weight is 643 g/mol. The van der Waals surface area contributed by atoms with Crippen LogP contribution in [0.5, 0.6) is 0 Å². The van der Waals surface area contributed by atoms with Gasteiger partial charge in [0.2, 0.25) is 0 Å². The van der Waals surface area contributed by atoms with Gasteiger partial charge < -0.3 is 4.90 Å². The minimum Gasteiger partial charge on any atom is -0.310 e. The molecule has 0 radical (unpaired) electrons. The van der Waals surface area contributed by atoms with Crippen molar-refractivity contribution in [2.24, 2.45) is 0 Å². The standard InChI is InChI=1S/C30H17Br2F4NO/c31-21-6-10-23(11-7-21)37(24-12-8-22(32)9-13-24)28-17-19-4-2-1-3-18(19)15-25(28)20-5-14-26-27(16-20)30(35,36)38-29(26,33)34/h1-17H. The zero-order chi connectivity index (χ0) is 26.7. The molecular weight excluding hydrogens is 626 g/mol. The summed E-state index contributed by atoms with van der Waals surface area (Å²) in [5.74, 6) is 0. The molecule has 0 aromatic heterocycles. The first kappa shape index (κ1) is 25.1. The largest absolute Gasteiger partial charge is 0.388 e. The van der Waals surface area contributed by atoms with Crippen LogP contribution in [-0.4, -0.2) is 0 Å². The normalized spacial score (nSPS) is 15.4. The number of ether oxygens (including phenoxy) is 1. The number of halogens is 6. The summed E-state index contributed by atoms with van der Waals surface area (Å²) in [6.45, 7) is 0. The topological polar surface area (TPSA) is 12.5 Å². The second-order valence-electron chi connectivity index (χ2n) is 8.90. The van der Waals surface area contributed by atoms with Crippen molar-refractivity contribution in [3.8, 4) is 11.1 Å². The summed E-state index contributed by atoms with van der Waals surface area (Å²) in [5.41, 5.74) is 1.65. The highest BCUT2D eigenvalue weighted by molar-refractivity contribution is 9.10. The van der Waals surface area contributed by atoms with E-state index in [2.05, 4.69) is 36.6 Å². The Morgan fingerprint density at radius 3 is 1.68 bits per heavy atom. The van der Waals surface area contributed by atoms with Crippen LogP contribution >= 0.6 is 31.9 Å². The molecule has 6 rings (SSSR count). The van der Waals surface area contributed by atoms with Crippen LogP contribution in [-0.2, 0) is 17.0 Å². The minimum absolute atomic E-state index is 0.365. The third kappa shape index (κ3) is 4.40. The Morgan fingerprint density at radius 1 is 0.579 bits per heavy atom. The van der Waals surface area contributed by atoms with Gasteiger partial charge in [-0.2, -0.15) is 17.6 Å². The van der Waals surface area contributed by atoms with Crippen molar-refractivity contribution in [2.45, 2.75) is 12.2 Å².